The van der Waals surface area contributed by atoms with Crippen LogP contribution in [0, 0.1) is 0 Å². The van der Waals surface area contributed by atoms with Gasteiger partial charge in [0.25, 0.3) is 0 Å². The van der Waals surface area contributed by atoms with Gasteiger partial charge in [-0.1, -0.05) is 12.1 Å². The zero-order valence-electron chi connectivity index (χ0n) is 13.9. The SMILES string of the molecule is O=C(Oc1ccc(N2CCCC2=O)cc1)c1cccc(-c2ncn[nH]2)c1. The molecule has 7 nitrogen and oxygen atoms in total. The molecule has 26 heavy (non-hydrogen) atoms. The molecule has 1 aromatic heterocycles. The van der Waals surface area contributed by atoms with Crippen molar-refractivity contribution in [2.75, 3.05) is 11.4 Å². The van der Waals surface area contributed by atoms with Gasteiger partial charge in [0.1, 0.15) is 12.1 Å². The van der Waals surface area contributed by atoms with E-state index in [0.717, 1.165) is 24.2 Å². The molecule has 0 radical (unpaired) electrons. The van der Waals surface area contributed by atoms with Crippen molar-refractivity contribution in [2.24, 2.45) is 0 Å². The number of ether oxygens (including phenoxy) is 1. The number of nitrogens with one attached hydrogen (secondary N) is 1. The van der Waals surface area contributed by atoms with E-state index in [4.69, 9.17) is 4.74 Å². The van der Waals surface area contributed by atoms with E-state index < -0.39 is 5.97 Å². The summed E-state index contributed by atoms with van der Waals surface area (Å²) in [5, 5.41) is 6.57. The number of hydrogen-bond acceptors (Lipinski definition) is 5. The smallest absolute Gasteiger partial charge is 0.343 e. The molecule has 3 aromatic rings. The van der Waals surface area contributed by atoms with Gasteiger partial charge in [-0.2, -0.15) is 5.10 Å². The maximum Gasteiger partial charge on any atom is 0.343 e. The molecule has 0 spiro atoms. The molecule has 2 heterocycles. The molecule has 1 N–H and O–H groups in total. The van der Waals surface area contributed by atoms with Gasteiger partial charge in [0.2, 0.25) is 5.91 Å². The number of carbonyl (C=O) groups is 2. The van der Waals surface area contributed by atoms with Crippen molar-refractivity contribution in [3.8, 4) is 17.1 Å². The number of nitrogens with zero attached hydrogens (tertiary/aromatic N) is 3. The van der Waals surface area contributed by atoms with E-state index in [1.807, 2.05) is 6.07 Å². The molecule has 0 saturated carbocycles. The van der Waals surface area contributed by atoms with E-state index in [-0.39, 0.29) is 5.91 Å². The summed E-state index contributed by atoms with van der Waals surface area (Å²) in [5.74, 6) is 0.671. The van der Waals surface area contributed by atoms with Crippen molar-refractivity contribution in [3.05, 3.63) is 60.4 Å². The van der Waals surface area contributed by atoms with Crippen LogP contribution in [0.3, 0.4) is 0 Å². The minimum Gasteiger partial charge on any atom is -0.423 e. The minimum atomic E-state index is -0.462. The average Bonchev–Trinajstić information content (AvgIpc) is 3.34. The summed E-state index contributed by atoms with van der Waals surface area (Å²) in [6.07, 6.45) is 2.86. The van der Waals surface area contributed by atoms with E-state index in [2.05, 4.69) is 15.2 Å². The van der Waals surface area contributed by atoms with Crippen molar-refractivity contribution in [2.45, 2.75) is 12.8 Å². The maximum atomic E-state index is 12.4. The Morgan fingerprint density at radius 3 is 2.69 bits per heavy atom. The zero-order chi connectivity index (χ0) is 17.9. The fourth-order valence-corrected chi connectivity index (χ4v) is 2.92. The molecule has 2 aromatic carbocycles. The van der Waals surface area contributed by atoms with Gasteiger partial charge in [0.05, 0.1) is 5.56 Å². The van der Waals surface area contributed by atoms with Crippen LogP contribution in [-0.4, -0.2) is 33.6 Å². The van der Waals surface area contributed by atoms with Gasteiger partial charge >= 0.3 is 5.97 Å². The van der Waals surface area contributed by atoms with E-state index in [0.29, 0.717) is 23.6 Å². The molecular weight excluding hydrogens is 332 g/mol. The van der Waals surface area contributed by atoms with E-state index in [1.54, 1.807) is 47.4 Å². The fourth-order valence-electron chi connectivity index (χ4n) is 2.92. The summed E-state index contributed by atoms with van der Waals surface area (Å²) in [6, 6.07) is 13.9. The van der Waals surface area contributed by atoms with Gasteiger partial charge in [0, 0.05) is 24.2 Å². The maximum absolute atomic E-state index is 12.4. The van der Waals surface area contributed by atoms with Gasteiger partial charge in [-0.25, -0.2) is 9.78 Å². The number of benzene rings is 2. The van der Waals surface area contributed by atoms with Crippen LogP contribution in [0.1, 0.15) is 23.2 Å². The molecule has 0 aliphatic carbocycles. The number of aromatic amines is 1. The van der Waals surface area contributed by atoms with Crippen LogP contribution in [0.25, 0.3) is 11.4 Å². The first-order chi connectivity index (χ1) is 12.7. The highest BCUT2D eigenvalue weighted by atomic mass is 16.5. The third-order valence-corrected chi connectivity index (χ3v) is 4.22. The van der Waals surface area contributed by atoms with Crippen LogP contribution < -0.4 is 9.64 Å². The third kappa shape index (κ3) is 3.19. The quantitative estimate of drug-likeness (QED) is 0.578. The summed E-state index contributed by atoms with van der Waals surface area (Å²) >= 11 is 0. The van der Waals surface area contributed by atoms with Gasteiger partial charge < -0.3 is 9.64 Å². The lowest BCUT2D eigenvalue weighted by Crippen LogP contribution is -2.23. The number of aromatic nitrogens is 3. The van der Waals surface area contributed by atoms with Crippen molar-refractivity contribution in [1.29, 1.82) is 0 Å². The Kier molecular flexibility index (Phi) is 4.18. The first kappa shape index (κ1) is 16.0. The van der Waals surface area contributed by atoms with E-state index in [1.165, 1.54) is 6.33 Å². The Labute approximate surface area is 149 Å². The third-order valence-electron chi connectivity index (χ3n) is 4.22. The molecule has 130 valence electrons. The molecule has 0 atom stereocenters. The first-order valence-corrected chi connectivity index (χ1v) is 8.29. The molecule has 0 unspecified atom stereocenters. The van der Waals surface area contributed by atoms with Crippen LogP contribution in [-0.2, 0) is 4.79 Å². The molecule has 1 saturated heterocycles. The molecule has 4 rings (SSSR count). The highest BCUT2D eigenvalue weighted by Crippen LogP contribution is 2.24. The van der Waals surface area contributed by atoms with Crippen LogP contribution in [0.15, 0.2) is 54.9 Å². The summed E-state index contributed by atoms with van der Waals surface area (Å²) in [4.78, 5) is 30.0. The van der Waals surface area contributed by atoms with Crippen molar-refractivity contribution >= 4 is 17.6 Å². The zero-order valence-corrected chi connectivity index (χ0v) is 13.9. The highest BCUT2D eigenvalue weighted by Gasteiger charge is 2.21. The van der Waals surface area contributed by atoms with Gasteiger partial charge in [-0.3, -0.25) is 9.89 Å². The number of esters is 1. The standard InChI is InChI=1S/C19H16N4O3/c24-17-5-2-10-23(17)15-6-8-16(9-7-15)26-19(25)14-4-1-3-13(11-14)18-20-12-21-22-18/h1,3-4,6-9,11-12H,2,5,10H2,(H,20,21,22). The molecular formula is C19H16N4O3. The number of hydrogen-bond donors (Lipinski definition) is 1. The Bertz CT molecular complexity index is 936. The molecule has 0 bridgehead atoms. The van der Waals surface area contributed by atoms with E-state index in [9.17, 15) is 9.59 Å². The molecule has 1 aliphatic heterocycles. The number of carbonyl (C=O) groups excluding carboxylic acids is 2. The van der Waals surface area contributed by atoms with Crippen molar-refractivity contribution in [3.63, 3.8) is 0 Å². The minimum absolute atomic E-state index is 0.124. The molecule has 1 aliphatic rings. The van der Waals surface area contributed by atoms with Gasteiger partial charge in [-0.15, -0.1) is 0 Å². The second-order valence-corrected chi connectivity index (χ2v) is 5.95. The summed E-state index contributed by atoms with van der Waals surface area (Å²) in [6.45, 7) is 0.729. The lowest BCUT2D eigenvalue weighted by molar-refractivity contribution is -0.117. The lowest BCUT2D eigenvalue weighted by atomic mass is 10.1. The number of anilines is 1. The number of H-pyrrole nitrogens is 1. The normalized spacial score (nSPS) is 13.8. The number of amides is 1. The highest BCUT2D eigenvalue weighted by molar-refractivity contribution is 5.95. The molecule has 1 fully saturated rings. The predicted molar refractivity (Wildman–Crippen MR) is 94.8 cm³/mol. The summed E-state index contributed by atoms with van der Waals surface area (Å²) in [7, 11) is 0. The number of rotatable bonds is 4. The Balaban J connectivity index is 1.48. The molecule has 7 heteroatoms. The Hall–Kier alpha value is -3.48. The second kappa shape index (κ2) is 6.79. The Morgan fingerprint density at radius 1 is 1.15 bits per heavy atom. The second-order valence-electron chi connectivity index (χ2n) is 5.95. The summed E-state index contributed by atoms with van der Waals surface area (Å²) in [5.41, 5.74) is 1.98. The fraction of sp³-hybridized carbons (Fsp3) is 0.158. The topological polar surface area (TPSA) is 88.2 Å². The first-order valence-electron chi connectivity index (χ1n) is 8.29. The van der Waals surface area contributed by atoms with Gasteiger partial charge in [-0.05, 0) is 42.8 Å². The lowest BCUT2D eigenvalue weighted by Gasteiger charge is -2.15. The van der Waals surface area contributed by atoms with Crippen molar-refractivity contribution in [1.82, 2.24) is 15.2 Å². The monoisotopic (exact) mass is 348 g/mol. The Morgan fingerprint density at radius 2 is 2.00 bits per heavy atom. The van der Waals surface area contributed by atoms with Crippen LogP contribution in [0.5, 0.6) is 5.75 Å². The van der Waals surface area contributed by atoms with Gasteiger partial charge in [0.15, 0.2) is 5.82 Å². The molecule has 1 amide bonds. The van der Waals surface area contributed by atoms with Crippen LogP contribution in [0.4, 0.5) is 5.69 Å². The largest absolute Gasteiger partial charge is 0.423 e. The summed E-state index contributed by atoms with van der Waals surface area (Å²) < 4.78 is 5.43. The van der Waals surface area contributed by atoms with Crippen LogP contribution >= 0.6 is 0 Å². The van der Waals surface area contributed by atoms with E-state index >= 15 is 0 Å². The van der Waals surface area contributed by atoms with Crippen LogP contribution in [0.2, 0.25) is 0 Å². The predicted octanol–water partition coefficient (Wildman–Crippen LogP) is 2.82. The average molecular weight is 348 g/mol. The van der Waals surface area contributed by atoms with Crippen molar-refractivity contribution < 1.29 is 14.3 Å².